The Hall–Kier alpha value is -7.89. The second kappa shape index (κ2) is 12.3. The minimum Gasteiger partial charge on any atom is -0.456 e. The largest absolute Gasteiger partial charge is 0.456 e. The van der Waals surface area contributed by atoms with E-state index in [1.54, 1.807) is 0 Å². The summed E-state index contributed by atoms with van der Waals surface area (Å²) in [6.07, 6.45) is 0. The molecule has 1 aliphatic heterocycles. The molecule has 0 aliphatic carbocycles. The summed E-state index contributed by atoms with van der Waals surface area (Å²) in [5.74, 6) is 0.776. The van der Waals surface area contributed by atoms with Gasteiger partial charge in [0.05, 0.1) is 33.8 Å². The first-order valence-electron chi connectivity index (χ1n) is 20.2. The number of hydrogen-bond acceptors (Lipinski definition) is 3. The first kappa shape index (κ1) is 32.2. The fraction of sp³-hybridized carbons (Fsp3) is 0.0185. The number of furan rings is 1. The summed E-state index contributed by atoms with van der Waals surface area (Å²) in [6, 6.07) is 69.3. The lowest BCUT2D eigenvalue weighted by Crippen LogP contribution is -2.36. The van der Waals surface area contributed by atoms with Gasteiger partial charge in [0.1, 0.15) is 11.2 Å². The number of rotatable bonds is 3. The molecule has 0 bridgehead atoms. The molecule has 59 heavy (non-hydrogen) atoms. The monoisotopic (exact) mass is 754 g/mol. The number of benzene rings is 9. The van der Waals surface area contributed by atoms with Crippen LogP contribution in [0.4, 0.5) is 5.69 Å². The summed E-state index contributed by atoms with van der Waals surface area (Å²) in [6.45, 7) is 0. The first-order chi connectivity index (χ1) is 29.2. The van der Waals surface area contributed by atoms with E-state index in [9.17, 15) is 0 Å². The minimum atomic E-state index is -0.243. The van der Waals surface area contributed by atoms with Crippen LogP contribution >= 0.6 is 0 Å². The van der Waals surface area contributed by atoms with E-state index in [1.165, 1.54) is 32.4 Å². The molecule has 13 rings (SSSR count). The maximum absolute atomic E-state index is 6.80. The minimum absolute atomic E-state index is 0.243. The second-order valence-electron chi connectivity index (χ2n) is 15.6. The lowest BCUT2D eigenvalue weighted by atomic mass is 9.89. The maximum atomic E-state index is 6.80. The predicted molar refractivity (Wildman–Crippen MR) is 244 cm³/mol. The van der Waals surface area contributed by atoms with Crippen molar-refractivity contribution in [1.82, 2.24) is 14.5 Å². The van der Waals surface area contributed by atoms with Crippen molar-refractivity contribution in [2.24, 2.45) is 4.99 Å². The third kappa shape index (κ3) is 4.76. The molecule has 1 atom stereocenters. The molecule has 0 radical (unpaired) electrons. The molecule has 0 spiro atoms. The Morgan fingerprint density at radius 2 is 1.05 bits per heavy atom. The Kier molecular flexibility index (Phi) is 6.72. The van der Waals surface area contributed by atoms with Gasteiger partial charge in [0.15, 0.2) is 0 Å². The van der Waals surface area contributed by atoms with Crippen LogP contribution < -0.4 is 5.32 Å². The number of aromatic nitrogens is 2. The smallest absolute Gasteiger partial charge is 0.209 e. The van der Waals surface area contributed by atoms with E-state index in [-0.39, 0.29) is 6.04 Å². The van der Waals surface area contributed by atoms with Gasteiger partial charge >= 0.3 is 0 Å². The Balaban J connectivity index is 1.09. The second-order valence-corrected chi connectivity index (χ2v) is 15.6. The number of fused-ring (bicyclic) bond motifs is 11. The standard InChI is InChI=1S/C54H34N4O/c1-3-15-33(16-4-1)36-28-44(52-43-27-34-17-7-8-18-35(34)29-50(43)59-51(52)30-36)53-40-23-9-12-24-45(40)55-54(56-53)58-47-26-14-11-22-39(47)42-31-41-38-21-10-13-25-46(38)57(48(41)32-49(42)58)37-19-5-2-6-20-37/h1-32,53H,(H,55,56). The average Bonchev–Trinajstić information content (AvgIpc) is 3.94. The highest BCUT2D eigenvalue weighted by molar-refractivity contribution is 6.21. The van der Waals surface area contributed by atoms with Gasteiger partial charge in [-0.3, -0.25) is 4.57 Å². The van der Waals surface area contributed by atoms with Crippen LogP contribution in [0.1, 0.15) is 17.2 Å². The summed E-state index contributed by atoms with van der Waals surface area (Å²) in [7, 11) is 0. The number of nitrogens with one attached hydrogen (secondary N) is 1. The molecular weight excluding hydrogens is 721 g/mol. The lowest BCUT2D eigenvalue weighted by molar-refractivity contribution is 0.668. The topological polar surface area (TPSA) is 47.4 Å². The number of hydrogen-bond donors (Lipinski definition) is 1. The van der Waals surface area contributed by atoms with Crippen LogP contribution in [-0.2, 0) is 0 Å². The Morgan fingerprint density at radius 1 is 0.424 bits per heavy atom. The Bertz CT molecular complexity index is 3700. The first-order valence-corrected chi connectivity index (χ1v) is 20.2. The molecule has 276 valence electrons. The van der Waals surface area contributed by atoms with Crippen molar-refractivity contribution in [2.45, 2.75) is 6.04 Å². The zero-order valence-corrected chi connectivity index (χ0v) is 31.8. The molecule has 4 heterocycles. The summed E-state index contributed by atoms with van der Waals surface area (Å²) in [5, 5.41) is 13.4. The lowest BCUT2D eigenvalue weighted by Gasteiger charge is -2.29. The van der Waals surface area contributed by atoms with Crippen molar-refractivity contribution in [1.29, 1.82) is 0 Å². The molecule has 5 nitrogen and oxygen atoms in total. The normalized spacial score (nSPS) is 14.2. The third-order valence-electron chi connectivity index (χ3n) is 12.3. The molecule has 12 aromatic rings. The summed E-state index contributed by atoms with van der Waals surface area (Å²) >= 11 is 0. The zero-order chi connectivity index (χ0) is 38.6. The van der Waals surface area contributed by atoms with E-state index < -0.39 is 0 Å². The van der Waals surface area contributed by atoms with E-state index in [0.29, 0.717) is 0 Å². The molecule has 0 amide bonds. The van der Waals surface area contributed by atoms with Gasteiger partial charge < -0.3 is 14.3 Å². The van der Waals surface area contributed by atoms with Crippen molar-refractivity contribution in [3.63, 3.8) is 0 Å². The van der Waals surface area contributed by atoms with Crippen LogP contribution in [-0.4, -0.2) is 15.1 Å². The van der Waals surface area contributed by atoms with Gasteiger partial charge in [-0.05, 0) is 94.2 Å². The van der Waals surface area contributed by atoms with E-state index in [0.717, 1.165) is 83.5 Å². The maximum Gasteiger partial charge on any atom is 0.209 e. The van der Waals surface area contributed by atoms with Crippen LogP contribution in [0.3, 0.4) is 0 Å². The van der Waals surface area contributed by atoms with E-state index in [4.69, 9.17) is 9.41 Å². The number of nitrogens with zero attached hydrogens (tertiary/aromatic N) is 3. The summed E-state index contributed by atoms with van der Waals surface area (Å²) < 4.78 is 11.5. The van der Waals surface area contributed by atoms with Crippen LogP contribution in [0.15, 0.2) is 204 Å². The molecular formula is C54H34N4O. The van der Waals surface area contributed by atoms with Crippen LogP contribution in [0.2, 0.25) is 0 Å². The van der Waals surface area contributed by atoms with E-state index in [2.05, 4.69) is 209 Å². The molecule has 1 N–H and O–H groups in total. The van der Waals surface area contributed by atoms with Crippen LogP contribution in [0.25, 0.3) is 93.1 Å². The molecule has 0 saturated heterocycles. The molecule has 5 heteroatoms. The summed E-state index contributed by atoms with van der Waals surface area (Å²) in [5.41, 5.74) is 12.8. The highest BCUT2D eigenvalue weighted by atomic mass is 16.3. The molecule has 0 fully saturated rings. The van der Waals surface area contributed by atoms with E-state index in [1.807, 2.05) is 0 Å². The zero-order valence-electron chi connectivity index (χ0n) is 31.8. The van der Waals surface area contributed by atoms with Gasteiger partial charge in [-0.25, -0.2) is 4.99 Å². The fourth-order valence-corrected chi connectivity index (χ4v) is 9.71. The Morgan fingerprint density at radius 3 is 1.83 bits per heavy atom. The molecule has 3 aromatic heterocycles. The molecule has 9 aromatic carbocycles. The molecule has 1 unspecified atom stereocenters. The van der Waals surface area contributed by atoms with E-state index >= 15 is 0 Å². The fourth-order valence-electron chi connectivity index (χ4n) is 9.71. The van der Waals surface area contributed by atoms with Crippen LogP contribution in [0, 0.1) is 0 Å². The van der Waals surface area contributed by atoms with Crippen molar-refractivity contribution in [2.75, 3.05) is 0 Å². The number of para-hydroxylation sites is 4. The van der Waals surface area contributed by atoms with Gasteiger partial charge in [-0.15, -0.1) is 0 Å². The summed E-state index contributed by atoms with van der Waals surface area (Å²) in [4.78, 5) is 5.46. The average molecular weight is 755 g/mol. The van der Waals surface area contributed by atoms with Crippen molar-refractivity contribution < 1.29 is 4.42 Å². The van der Waals surface area contributed by atoms with Crippen molar-refractivity contribution >= 4 is 88.0 Å². The van der Waals surface area contributed by atoms with Crippen LogP contribution in [0.5, 0.6) is 0 Å². The van der Waals surface area contributed by atoms with Gasteiger partial charge in [-0.1, -0.05) is 127 Å². The Labute approximate surface area is 338 Å². The SMILES string of the molecule is c1ccc(-c2cc(C3NC(n4c5ccccc5c5cc6c7ccccc7n(-c7ccccc7)c6cc54)=Nc4ccccc43)c3c(c2)oc2cc4ccccc4cc23)cc1. The highest BCUT2D eigenvalue weighted by Gasteiger charge is 2.30. The molecule has 0 saturated carbocycles. The third-order valence-corrected chi connectivity index (χ3v) is 12.3. The highest BCUT2D eigenvalue weighted by Crippen LogP contribution is 2.45. The van der Waals surface area contributed by atoms with Gasteiger partial charge in [0, 0.05) is 43.6 Å². The van der Waals surface area contributed by atoms with Gasteiger partial charge in [-0.2, -0.15) is 0 Å². The van der Waals surface area contributed by atoms with Gasteiger partial charge in [0.25, 0.3) is 0 Å². The van der Waals surface area contributed by atoms with Crippen molar-refractivity contribution in [3.05, 3.63) is 205 Å². The number of aliphatic imine (C=N–C) groups is 1. The van der Waals surface area contributed by atoms with Gasteiger partial charge in [0.2, 0.25) is 5.96 Å². The molecule has 1 aliphatic rings. The predicted octanol–water partition coefficient (Wildman–Crippen LogP) is 13.8. The van der Waals surface area contributed by atoms with Crippen molar-refractivity contribution in [3.8, 4) is 16.8 Å². The quantitative estimate of drug-likeness (QED) is 0.195.